The van der Waals surface area contributed by atoms with Gasteiger partial charge < -0.3 is 5.73 Å². The van der Waals surface area contributed by atoms with Gasteiger partial charge in [-0.25, -0.2) is 4.68 Å². The highest BCUT2D eigenvalue weighted by Crippen LogP contribution is 2.15. The molecule has 86 valence electrons. The summed E-state index contributed by atoms with van der Waals surface area (Å²) in [7, 11) is 0. The molecule has 0 bridgehead atoms. The molecule has 6 nitrogen and oxygen atoms in total. The van der Waals surface area contributed by atoms with Gasteiger partial charge in [-0.3, -0.25) is 4.57 Å². The molecule has 0 aromatic carbocycles. The Morgan fingerprint density at radius 2 is 2.29 bits per heavy atom. The Morgan fingerprint density at radius 3 is 3.00 bits per heavy atom. The van der Waals surface area contributed by atoms with E-state index < -0.39 is 0 Å². The van der Waals surface area contributed by atoms with E-state index in [9.17, 15) is 0 Å². The molecular formula is C10H10N6S. The van der Waals surface area contributed by atoms with E-state index in [2.05, 4.69) is 15.3 Å². The Hall–Kier alpha value is -2.15. The Labute approximate surface area is 101 Å². The molecule has 3 aromatic heterocycles. The number of nitrogen functional groups attached to an aromatic ring is 1. The van der Waals surface area contributed by atoms with Crippen molar-refractivity contribution in [3.05, 3.63) is 41.8 Å². The van der Waals surface area contributed by atoms with Crippen molar-refractivity contribution in [2.45, 2.75) is 6.54 Å². The van der Waals surface area contributed by atoms with E-state index in [1.54, 1.807) is 22.5 Å². The zero-order chi connectivity index (χ0) is 11.7. The Morgan fingerprint density at radius 1 is 1.35 bits per heavy atom. The highest BCUT2D eigenvalue weighted by Gasteiger charge is 2.08. The summed E-state index contributed by atoms with van der Waals surface area (Å²) in [6, 6.07) is 5.76. The van der Waals surface area contributed by atoms with Crippen LogP contribution in [0.5, 0.6) is 0 Å². The number of rotatable bonds is 3. The van der Waals surface area contributed by atoms with Gasteiger partial charge in [0, 0.05) is 11.9 Å². The van der Waals surface area contributed by atoms with Crippen molar-refractivity contribution in [2.75, 3.05) is 5.73 Å². The summed E-state index contributed by atoms with van der Waals surface area (Å²) < 4.78 is 3.73. The zero-order valence-electron chi connectivity index (χ0n) is 8.89. The fourth-order valence-corrected chi connectivity index (χ4v) is 2.21. The maximum Gasteiger partial charge on any atom is 0.216 e. The minimum absolute atomic E-state index is 0.616. The molecule has 0 amide bonds. The van der Waals surface area contributed by atoms with E-state index in [1.165, 1.54) is 11.3 Å². The summed E-state index contributed by atoms with van der Waals surface area (Å²) in [5, 5.41) is 12.9. The lowest BCUT2D eigenvalue weighted by Gasteiger charge is -2.06. The van der Waals surface area contributed by atoms with E-state index in [4.69, 9.17) is 5.73 Å². The first kappa shape index (κ1) is 10.0. The Balaban J connectivity index is 1.95. The predicted molar refractivity (Wildman–Crippen MR) is 65.0 cm³/mol. The monoisotopic (exact) mass is 246 g/mol. The van der Waals surface area contributed by atoms with Crippen LogP contribution in [0.15, 0.2) is 36.1 Å². The molecule has 0 aliphatic rings. The molecule has 17 heavy (non-hydrogen) atoms. The average molecular weight is 246 g/mol. The first-order chi connectivity index (χ1) is 8.34. The minimum Gasteiger partial charge on any atom is -0.384 e. The van der Waals surface area contributed by atoms with Crippen LogP contribution in [0.4, 0.5) is 5.82 Å². The van der Waals surface area contributed by atoms with Crippen LogP contribution in [0.3, 0.4) is 0 Å². The van der Waals surface area contributed by atoms with Crippen LogP contribution in [0, 0.1) is 0 Å². The molecule has 0 aliphatic heterocycles. The van der Waals surface area contributed by atoms with Gasteiger partial charge in [-0.2, -0.15) is 5.10 Å². The van der Waals surface area contributed by atoms with Crippen molar-refractivity contribution in [2.24, 2.45) is 0 Å². The molecule has 7 heteroatoms. The maximum atomic E-state index is 5.79. The summed E-state index contributed by atoms with van der Waals surface area (Å²) >= 11 is 1.49. The molecule has 0 spiro atoms. The smallest absolute Gasteiger partial charge is 0.216 e. The summed E-state index contributed by atoms with van der Waals surface area (Å²) in [4.78, 5) is 0. The van der Waals surface area contributed by atoms with Crippen molar-refractivity contribution >= 4 is 17.2 Å². The maximum absolute atomic E-state index is 5.79. The normalized spacial score (nSPS) is 10.8. The molecular weight excluding hydrogens is 236 g/mol. The molecule has 0 radical (unpaired) electrons. The van der Waals surface area contributed by atoms with Gasteiger partial charge in [0.1, 0.15) is 11.3 Å². The Bertz CT molecular complexity index is 608. The summed E-state index contributed by atoms with van der Waals surface area (Å²) in [6.07, 6.45) is 3.64. The highest BCUT2D eigenvalue weighted by atomic mass is 32.1. The third-order valence-electron chi connectivity index (χ3n) is 2.45. The molecule has 0 saturated heterocycles. The van der Waals surface area contributed by atoms with Crippen LogP contribution in [-0.4, -0.2) is 24.5 Å². The fraction of sp³-hybridized carbons (Fsp3) is 0.100. The van der Waals surface area contributed by atoms with Crippen LogP contribution < -0.4 is 5.73 Å². The fourth-order valence-electron chi connectivity index (χ4n) is 1.63. The second-order valence-electron chi connectivity index (χ2n) is 3.50. The number of hydrogen-bond acceptors (Lipinski definition) is 5. The number of nitrogens with two attached hydrogens (primary N) is 1. The molecule has 3 heterocycles. The Kier molecular flexibility index (Phi) is 2.37. The summed E-state index contributed by atoms with van der Waals surface area (Å²) in [6.45, 7) is 0.616. The molecule has 0 fully saturated rings. The van der Waals surface area contributed by atoms with Gasteiger partial charge in [0.05, 0.1) is 12.7 Å². The van der Waals surface area contributed by atoms with Crippen molar-refractivity contribution in [1.82, 2.24) is 24.5 Å². The molecule has 2 N–H and O–H groups in total. The van der Waals surface area contributed by atoms with Gasteiger partial charge in [0.2, 0.25) is 5.13 Å². The van der Waals surface area contributed by atoms with Gasteiger partial charge in [-0.15, -0.1) is 10.2 Å². The molecule has 0 aliphatic carbocycles. The third-order valence-corrected chi connectivity index (χ3v) is 3.14. The lowest BCUT2D eigenvalue weighted by Crippen LogP contribution is -2.09. The number of nitrogens with zero attached hydrogens (tertiary/aromatic N) is 5. The first-order valence-electron chi connectivity index (χ1n) is 5.04. The summed E-state index contributed by atoms with van der Waals surface area (Å²) in [5.41, 5.74) is 8.57. The third kappa shape index (κ3) is 1.80. The minimum atomic E-state index is 0.616. The topological polar surface area (TPSA) is 74.5 Å². The van der Waals surface area contributed by atoms with Crippen molar-refractivity contribution in [1.29, 1.82) is 0 Å². The predicted octanol–water partition coefficient (Wildman–Crippen LogP) is 1.16. The number of anilines is 1. The highest BCUT2D eigenvalue weighted by molar-refractivity contribution is 7.11. The van der Waals surface area contributed by atoms with Crippen molar-refractivity contribution in [3.8, 4) is 5.13 Å². The number of aromatic nitrogens is 5. The van der Waals surface area contributed by atoms with Gasteiger partial charge in [-0.05, 0) is 18.2 Å². The van der Waals surface area contributed by atoms with Crippen LogP contribution >= 0.6 is 11.3 Å². The second-order valence-corrected chi connectivity index (χ2v) is 4.32. The van der Waals surface area contributed by atoms with Gasteiger partial charge >= 0.3 is 0 Å². The van der Waals surface area contributed by atoms with Crippen LogP contribution in [-0.2, 0) is 6.54 Å². The molecule has 0 atom stereocenters. The summed E-state index contributed by atoms with van der Waals surface area (Å²) in [5.74, 6) is 0.648. The molecule has 0 unspecified atom stereocenters. The lowest BCUT2D eigenvalue weighted by atomic mass is 10.4. The molecule has 0 saturated carbocycles. The lowest BCUT2D eigenvalue weighted by molar-refractivity contribution is 0.670. The van der Waals surface area contributed by atoms with E-state index in [-0.39, 0.29) is 0 Å². The van der Waals surface area contributed by atoms with Gasteiger partial charge in [0.25, 0.3) is 0 Å². The van der Waals surface area contributed by atoms with Crippen molar-refractivity contribution in [3.63, 3.8) is 0 Å². The van der Waals surface area contributed by atoms with E-state index in [0.29, 0.717) is 12.4 Å². The quantitative estimate of drug-likeness (QED) is 0.752. The molecule has 3 rings (SSSR count). The zero-order valence-corrected chi connectivity index (χ0v) is 9.71. The van der Waals surface area contributed by atoms with Gasteiger partial charge in [0.15, 0.2) is 0 Å². The molecule has 3 aromatic rings. The largest absolute Gasteiger partial charge is 0.384 e. The number of hydrogen-bond donors (Lipinski definition) is 1. The van der Waals surface area contributed by atoms with Crippen molar-refractivity contribution < 1.29 is 0 Å². The first-order valence-corrected chi connectivity index (χ1v) is 5.92. The van der Waals surface area contributed by atoms with Crippen LogP contribution in [0.25, 0.3) is 5.13 Å². The standard InChI is InChI=1S/C10H10N6S/c11-9-3-4-13-16(9)6-8-2-1-5-15(8)10-14-12-7-17-10/h1-5,7H,6,11H2. The van der Waals surface area contributed by atoms with Crippen LogP contribution in [0.1, 0.15) is 5.69 Å². The second kappa shape index (κ2) is 4.02. The van der Waals surface area contributed by atoms with E-state index >= 15 is 0 Å². The van der Waals surface area contributed by atoms with E-state index in [1.807, 2.05) is 22.9 Å². The van der Waals surface area contributed by atoms with E-state index in [0.717, 1.165) is 10.8 Å². The van der Waals surface area contributed by atoms with Gasteiger partial charge in [-0.1, -0.05) is 11.3 Å². The SMILES string of the molecule is Nc1ccnn1Cc1cccn1-c1nncs1. The van der Waals surface area contributed by atoms with Crippen LogP contribution in [0.2, 0.25) is 0 Å². The average Bonchev–Trinajstić information content (AvgIpc) is 3.02.